The van der Waals surface area contributed by atoms with Gasteiger partial charge < -0.3 is 16.2 Å². The molecule has 82 valence electrons. The van der Waals surface area contributed by atoms with Crippen molar-refractivity contribution in [2.75, 3.05) is 19.8 Å². The van der Waals surface area contributed by atoms with Crippen molar-refractivity contribution in [2.24, 2.45) is 11.5 Å². The van der Waals surface area contributed by atoms with Crippen molar-refractivity contribution in [1.82, 2.24) is 0 Å². The fraction of sp³-hybridized carbons (Fsp3) is 0.364. The Bertz CT molecular complexity index is 309. The first-order chi connectivity index (χ1) is 7.24. The van der Waals surface area contributed by atoms with Crippen LogP contribution in [0, 0.1) is 0 Å². The lowest BCUT2D eigenvalue weighted by molar-refractivity contribution is 0.100. The highest BCUT2D eigenvalue weighted by atomic mass is 16.5. The monoisotopic (exact) mass is 208 g/mol. The standard InChI is InChI=1S/C11H16N2O2/c12-6-8-15-7-5-9-1-3-10(4-2-9)11(13)14/h1-4H,5-8,12H2,(H2,13,14). The van der Waals surface area contributed by atoms with Crippen LogP contribution >= 0.6 is 0 Å². The van der Waals surface area contributed by atoms with Gasteiger partial charge in [-0.1, -0.05) is 12.1 Å². The van der Waals surface area contributed by atoms with Crippen LogP contribution in [0.15, 0.2) is 24.3 Å². The summed E-state index contributed by atoms with van der Waals surface area (Å²) in [7, 11) is 0. The van der Waals surface area contributed by atoms with E-state index >= 15 is 0 Å². The lowest BCUT2D eigenvalue weighted by Gasteiger charge is -2.03. The van der Waals surface area contributed by atoms with E-state index in [1.165, 1.54) is 0 Å². The molecule has 0 fully saturated rings. The van der Waals surface area contributed by atoms with Gasteiger partial charge in [0, 0.05) is 12.1 Å². The number of carbonyl (C=O) groups is 1. The number of primary amides is 1. The van der Waals surface area contributed by atoms with Crippen LogP contribution in [0.3, 0.4) is 0 Å². The highest BCUT2D eigenvalue weighted by molar-refractivity contribution is 5.92. The molecule has 0 aliphatic carbocycles. The second kappa shape index (κ2) is 6.16. The summed E-state index contributed by atoms with van der Waals surface area (Å²) in [5.41, 5.74) is 12.1. The number of nitrogens with two attached hydrogens (primary N) is 2. The van der Waals surface area contributed by atoms with Crippen molar-refractivity contribution in [1.29, 1.82) is 0 Å². The van der Waals surface area contributed by atoms with E-state index in [0.717, 1.165) is 12.0 Å². The van der Waals surface area contributed by atoms with E-state index in [9.17, 15) is 4.79 Å². The summed E-state index contributed by atoms with van der Waals surface area (Å²) in [4.78, 5) is 10.8. The van der Waals surface area contributed by atoms with Crippen LogP contribution in [-0.4, -0.2) is 25.7 Å². The molecular weight excluding hydrogens is 192 g/mol. The minimum Gasteiger partial charge on any atom is -0.380 e. The summed E-state index contributed by atoms with van der Waals surface area (Å²) in [5, 5.41) is 0. The second-order valence-corrected chi connectivity index (χ2v) is 3.21. The van der Waals surface area contributed by atoms with Crippen LogP contribution in [0.1, 0.15) is 15.9 Å². The Morgan fingerprint density at radius 1 is 1.20 bits per heavy atom. The zero-order chi connectivity index (χ0) is 11.1. The predicted octanol–water partition coefficient (Wildman–Crippen LogP) is 0.303. The van der Waals surface area contributed by atoms with Gasteiger partial charge in [-0.25, -0.2) is 0 Å². The molecule has 0 aliphatic rings. The van der Waals surface area contributed by atoms with Crippen molar-refractivity contribution in [2.45, 2.75) is 6.42 Å². The highest BCUT2D eigenvalue weighted by Gasteiger charge is 1.99. The molecule has 0 saturated heterocycles. The van der Waals surface area contributed by atoms with Gasteiger partial charge >= 0.3 is 0 Å². The summed E-state index contributed by atoms with van der Waals surface area (Å²) < 4.78 is 5.25. The number of benzene rings is 1. The molecule has 1 amide bonds. The third-order valence-electron chi connectivity index (χ3n) is 2.04. The lowest BCUT2D eigenvalue weighted by Crippen LogP contribution is -2.11. The first-order valence-electron chi connectivity index (χ1n) is 4.90. The average molecular weight is 208 g/mol. The quantitative estimate of drug-likeness (QED) is 0.660. The fourth-order valence-corrected chi connectivity index (χ4v) is 1.21. The van der Waals surface area contributed by atoms with E-state index in [-0.39, 0.29) is 0 Å². The molecule has 0 spiro atoms. The Hall–Kier alpha value is -1.39. The average Bonchev–Trinajstić information content (AvgIpc) is 2.25. The molecule has 0 aliphatic heterocycles. The van der Waals surface area contributed by atoms with Gasteiger partial charge in [0.1, 0.15) is 0 Å². The molecule has 0 atom stereocenters. The molecule has 0 heterocycles. The number of hydrogen-bond acceptors (Lipinski definition) is 3. The van der Waals surface area contributed by atoms with E-state index in [0.29, 0.717) is 25.3 Å². The van der Waals surface area contributed by atoms with E-state index in [4.69, 9.17) is 16.2 Å². The van der Waals surface area contributed by atoms with Gasteiger partial charge in [0.05, 0.1) is 13.2 Å². The van der Waals surface area contributed by atoms with Crippen LogP contribution in [0.4, 0.5) is 0 Å². The molecule has 0 saturated carbocycles. The minimum absolute atomic E-state index is 0.402. The Morgan fingerprint density at radius 3 is 2.40 bits per heavy atom. The molecule has 1 aromatic rings. The third-order valence-corrected chi connectivity index (χ3v) is 2.04. The first kappa shape index (κ1) is 11.7. The van der Waals surface area contributed by atoms with Gasteiger partial charge in [-0.3, -0.25) is 4.79 Å². The number of carbonyl (C=O) groups excluding carboxylic acids is 1. The zero-order valence-corrected chi connectivity index (χ0v) is 8.61. The molecule has 1 aromatic carbocycles. The molecule has 0 unspecified atom stereocenters. The van der Waals surface area contributed by atoms with Crippen LogP contribution in [0.2, 0.25) is 0 Å². The van der Waals surface area contributed by atoms with Crippen LogP contribution in [-0.2, 0) is 11.2 Å². The lowest BCUT2D eigenvalue weighted by atomic mass is 10.1. The third kappa shape index (κ3) is 4.10. The number of rotatable bonds is 6. The van der Waals surface area contributed by atoms with Gasteiger partial charge in [-0.15, -0.1) is 0 Å². The maximum atomic E-state index is 10.8. The van der Waals surface area contributed by atoms with E-state index in [2.05, 4.69) is 0 Å². The molecule has 15 heavy (non-hydrogen) atoms. The summed E-state index contributed by atoms with van der Waals surface area (Å²) in [5.74, 6) is -0.402. The van der Waals surface area contributed by atoms with Crippen molar-refractivity contribution < 1.29 is 9.53 Å². The van der Waals surface area contributed by atoms with Gasteiger partial charge in [-0.2, -0.15) is 0 Å². The Morgan fingerprint density at radius 2 is 1.87 bits per heavy atom. The summed E-state index contributed by atoms with van der Waals surface area (Å²) in [6.07, 6.45) is 0.818. The van der Waals surface area contributed by atoms with Crippen LogP contribution in [0.5, 0.6) is 0 Å². The minimum atomic E-state index is -0.402. The topological polar surface area (TPSA) is 78.3 Å². The first-order valence-corrected chi connectivity index (χ1v) is 4.90. The van der Waals surface area contributed by atoms with Crippen molar-refractivity contribution in [3.63, 3.8) is 0 Å². The van der Waals surface area contributed by atoms with Gasteiger partial charge in [-0.05, 0) is 24.1 Å². The van der Waals surface area contributed by atoms with Crippen molar-refractivity contribution in [3.05, 3.63) is 35.4 Å². The van der Waals surface area contributed by atoms with Gasteiger partial charge in [0.25, 0.3) is 0 Å². The Kier molecular flexibility index (Phi) is 4.80. The fourth-order valence-electron chi connectivity index (χ4n) is 1.21. The second-order valence-electron chi connectivity index (χ2n) is 3.21. The Balaban J connectivity index is 2.39. The molecule has 0 bridgehead atoms. The van der Waals surface area contributed by atoms with Gasteiger partial charge in [0.15, 0.2) is 0 Å². The summed E-state index contributed by atoms with van der Waals surface area (Å²) in [6.45, 7) is 1.77. The Labute approximate surface area is 89.2 Å². The molecule has 4 nitrogen and oxygen atoms in total. The largest absolute Gasteiger partial charge is 0.380 e. The molecule has 0 radical (unpaired) electrons. The number of amides is 1. The van der Waals surface area contributed by atoms with Gasteiger partial charge in [0.2, 0.25) is 5.91 Å². The maximum absolute atomic E-state index is 10.8. The van der Waals surface area contributed by atoms with E-state index in [1.54, 1.807) is 12.1 Å². The highest BCUT2D eigenvalue weighted by Crippen LogP contribution is 2.04. The number of ether oxygens (including phenoxy) is 1. The van der Waals surface area contributed by atoms with Crippen LogP contribution < -0.4 is 11.5 Å². The SMILES string of the molecule is NCCOCCc1ccc(C(N)=O)cc1. The van der Waals surface area contributed by atoms with Crippen molar-refractivity contribution >= 4 is 5.91 Å². The smallest absolute Gasteiger partial charge is 0.248 e. The predicted molar refractivity (Wildman–Crippen MR) is 58.5 cm³/mol. The van der Waals surface area contributed by atoms with E-state index < -0.39 is 5.91 Å². The van der Waals surface area contributed by atoms with E-state index in [1.807, 2.05) is 12.1 Å². The summed E-state index contributed by atoms with van der Waals surface area (Å²) >= 11 is 0. The van der Waals surface area contributed by atoms with Crippen molar-refractivity contribution in [3.8, 4) is 0 Å². The molecular formula is C11H16N2O2. The molecule has 1 rings (SSSR count). The van der Waals surface area contributed by atoms with Crippen LogP contribution in [0.25, 0.3) is 0 Å². The molecule has 0 aromatic heterocycles. The maximum Gasteiger partial charge on any atom is 0.248 e. The summed E-state index contributed by atoms with van der Waals surface area (Å²) in [6, 6.07) is 7.21. The normalized spacial score (nSPS) is 10.2. The molecule has 4 heteroatoms. The zero-order valence-electron chi connectivity index (χ0n) is 8.61. The molecule has 4 N–H and O–H groups in total. The number of hydrogen-bond donors (Lipinski definition) is 2.